The summed E-state index contributed by atoms with van der Waals surface area (Å²) in [5.74, 6) is 1.35. The molecule has 31 heavy (non-hydrogen) atoms. The first-order valence-electron chi connectivity index (χ1n) is 10.4. The van der Waals surface area contributed by atoms with Gasteiger partial charge in [0.2, 0.25) is 0 Å². The molecular formula is C27H29NO3. The number of hydrogen-bond acceptors (Lipinski definition) is 4. The van der Waals surface area contributed by atoms with Gasteiger partial charge in [0.15, 0.2) is 0 Å². The Kier molecular flexibility index (Phi) is 7.50. The van der Waals surface area contributed by atoms with Gasteiger partial charge in [0, 0.05) is 22.6 Å². The highest BCUT2D eigenvalue weighted by Gasteiger charge is 2.20. The number of phenolic OH excluding ortho intramolecular Hbond substituents is 1. The SMILES string of the molecule is C=CCCCOc1cccc(C(=N)c2cc(OC)cc(C(C)c3ccccc3)c2O)c1. The van der Waals surface area contributed by atoms with Gasteiger partial charge in [-0.15, -0.1) is 6.58 Å². The summed E-state index contributed by atoms with van der Waals surface area (Å²) in [4.78, 5) is 0. The third kappa shape index (κ3) is 5.34. The minimum atomic E-state index is -0.0534. The van der Waals surface area contributed by atoms with E-state index in [4.69, 9.17) is 14.9 Å². The smallest absolute Gasteiger partial charge is 0.129 e. The van der Waals surface area contributed by atoms with E-state index in [-0.39, 0.29) is 17.4 Å². The van der Waals surface area contributed by atoms with Crippen molar-refractivity contribution in [2.24, 2.45) is 0 Å². The molecule has 1 atom stereocenters. The van der Waals surface area contributed by atoms with Crippen LogP contribution in [0.3, 0.4) is 0 Å². The third-order valence-corrected chi connectivity index (χ3v) is 5.33. The molecule has 3 rings (SSSR count). The number of phenols is 1. The number of nitrogens with one attached hydrogen (secondary N) is 1. The third-order valence-electron chi connectivity index (χ3n) is 5.33. The van der Waals surface area contributed by atoms with Gasteiger partial charge < -0.3 is 14.6 Å². The molecule has 3 aromatic rings. The second kappa shape index (κ2) is 10.5. The summed E-state index contributed by atoms with van der Waals surface area (Å²) in [5.41, 5.74) is 3.12. The van der Waals surface area contributed by atoms with Crippen LogP contribution in [0.2, 0.25) is 0 Å². The van der Waals surface area contributed by atoms with Crippen molar-refractivity contribution in [3.05, 3.63) is 102 Å². The average molecular weight is 416 g/mol. The summed E-state index contributed by atoms with van der Waals surface area (Å²) >= 11 is 0. The van der Waals surface area contributed by atoms with Gasteiger partial charge in [-0.1, -0.05) is 55.5 Å². The number of hydrogen-bond donors (Lipinski definition) is 2. The van der Waals surface area contributed by atoms with Crippen molar-refractivity contribution >= 4 is 5.71 Å². The summed E-state index contributed by atoms with van der Waals surface area (Å²) in [6, 6.07) is 20.9. The van der Waals surface area contributed by atoms with Crippen LogP contribution in [0.1, 0.15) is 47.9 Å². The summed E-state index contributed by atoms with van der Waals surface area (Å²) in [5, 5.41) is 19.9. The predicted molar refractivity (Wildman–Crippen MR) is 126 cm³/mol. The molecule has 0 saturated carbocycles. The lowest BCUT2D eigenvalue weighted by Gasteiger charge is -2.19. The first-order valence-corrected chi connectivity index (χ1v) is 10.4. The number of rotatable bonds is 10. The molecule has 0 saturated heterocycles. The van der Waals surface area contributed by atoms with E-state index in [2.05, 4.69) is 6.58 Å². The molecule has 2 N–H and O–H groups in total. The largest absolute Gasteiger partial charge is 0.507 e. The zero-order valence-corrected chi connectivity index (χ0v) is 18.1. The van der Waals surface area contributed by atoms with Gasteiger partial charge in [0.25, 0.3) is 0 Å². The van der Waals surface area contributed by atoms with Crippen molar-refractivity contribution in [2.45, 2.75) is 25.7 Å². The molecule has 4 heteroatoms. The highest BCUT2D eigenvalue weighted by atomic mass is 16.5. The molecule has 0 radical (unpaired) electrons. The minimum Gasteiger partial charge on any atom is -0.507 e. The molecule has 3 aromatic carbocycles. The highest BCUT2D eigenvalue weighted by molar-refractivity contribution is 6.13. The van der Waals surface area contributed by atoms with E-state index in [9.17, 15) is 5.11 Å². The van der Waals surface area contributed by atoms with Crippen LogP contribution in [-0.2, 0) is 0 Å². The standard InChI is InChI=1S/C27H29NO3/c1-4-5-9-15-31-22-14-10-13-21(16-22)26(28)25-18-23(30-3)17-24(27(25)29)19(2)20-11-7-6-8-12-20/h4,6-8,10-14,16-19,28-29H,1,5,9,15H2,2-3H3. The number of benzene rings is 3. The molecule has 0 amide bonds. The average Bonchev–Trinajstić information content (AvgIpc) is 2.82. The molecule has 0 spiro atoms. The molecule has 0 aliphatic carbocycles. The lowest BCUT2D eigenvalue weighted by molar-refractivity contribution is 0.312. The van der Waals surface area contributed by atoms with Crippen LogP contribution in [0.25, 0.3) is 0 Å². The minimum absolute atomic E-state index is 0.0534. The van der Waals surface area contributed by atoms with Crippen LogP contribution in [0.15, 0.2) is 79.4 Å². The number of methoxy groups -OCH3 is 1. The monoisotopic (exact) mass is 415 g/mol. The predicted octanol–water partition coefficient (Wildman–Crippen LogP) is 6.31. The zero-order chi connectivity index (χ0) is 22.2. The zero-order valence-electron chi connectivity index (χ0n) is 18.1. The van der Waals surface area contributed by atoms with Gasteiger partial charge in [-0.3, -0.25) is 5.41 Å². The van der Waals surface area contributed by atoms with Gasteiger partial charge in [0.05, 0.1) is 19.4 Å². The van der Waals surface area contributed by atoms with E-state index in [0.29, 0.717) is 29.2 Å². The Morgan fingerprint density at radius 1 is 1.06 bits per heavy atom. The van der Waals surface area contributed by atoms with Crippen molar-refractivity contribution in [1.82, 2.24) is 0 Å². The maximum Gasteiger partial charge on any atom is 0.129 e. The second-order valence-electron chi connectivity index (χ2n) is 7.43. The number of aromatic hydroxyl groups is 1. The van der Waals surface area contributed by atoms with Crippen LogP contribution >= 0.6 is 0 Å². The fourth-order valence-corrected chi connectivity index (χ4v) is 3.50. The Labute approximate surface area is 184 Å². The Balaban J connectivity index is 1.93. The van der Waals surface area contributed by atoms with Crippen LogP contribution in [0.4, 0.5) is 0 Å². The summed E-state index contributed by atoms with van der Waals surface area (Å²) in [7, 11) is 1.59. The van der Waals surface area contributed by atoms with Gasteiger partial charge in [0.1, 0.15) is 17.2 Å². The van der Waals surface area contributed by atoms with E-state index in [1.54, 1.807) is 13.2 Å². The van der Waals surface area contributed by atoms with E-state index in [0.717, 1.165) is 24.0 Å². The molecule has 0 fully saturated rings. The quantitative estimate of drug-likeness (QED) is 0.232. The van der Waals surface area contributed by atoms with E-state index in [1.165, 1.54) is 0 Å². The molecule has 4 nitrogen and oxygen atoms in total. The van der Waals surface area contributed by atoms with Gasteiger partial charge in [-0.25, -0.2) is 0 Å². The van der Waals surface area contributed by atoms with Gasteiger partial charge >= 0.3 is 0 Å². The number of allylic oxidation sites excluding steroid dienone is 1. The fraction of sp³-hybridized carbons (Fsp3) is 0.222. The van der Waals surface area contributed by atoms with Gasteiger partial charge in [-0.05, 0) is 42.7 Å². The van der Waals surface area contributed by atoms with Crippen molar-refractivity contribution in [1.29, 1.82) is 5.41 Å². The maximum atomic E-state index is 11.1. The molecule has 1 unspecified atom stereocenters. The normalized spacial score (nSPS) is 11.5. The first kappa shape index (κ1) is 22.2. The summed E-state index contributed by atoms with van der Waals surface area (Å²) in [6.45, 7) is 6.35. The van der Waals surface area contributed by atoms with Crippen LogP contribution < -0.4 is 9.47 Å². The lowest BCUT2D eigenvalue weighted by atomic mass is 9.89. The van der Waals surface area contributed by atoms with E-state index in [1.807, 2.05) is 73.7 Å². The molecule has 0 aliphatic heterocycles. The van der Waals surface area contributed by atoms with Crippen molar-refractivity contribution < 1.29 is 14.6 Å². The molecule has 160 valence electrons. The molecule has 0 bridgehead atoms. The Morgan fingerprint density at radius 3 is 2.55 bits per heavy atom. The molecular weight excluding hydrogens is 386 g/mol. The van der Waals surface area contributed by atoms with Crippen molar-refractivity contribution in [3.63, 3.8) is 0 Å². The summed E-state index contributed by atoms with van der Waals surface area (Å²) in [6.07, 6.45) is 3.66. The van der Waals surface area contributed by atoms with Crippen LogP contribution in [0.5, 0.6) is 17.2 Å². The number of unbranched alkanes of at least 4 members (excludes halogenated alkanes) is 1. The number of ether oxygens (including phenoxy) is 2. The Hall–Kier alpha value is -3.53. The van der Waals surface area contributed by atoms with Gasteiger partial charge in [-0.2, -0.15) is 0 Å². The first-order chi connectivity index (χ1) is 15.0. The highest BCUT2D eigenvalue weighted by Crippen LogP contribution is 2.37. The van der Waals surface area contributed by atoms with Crippen molar-refractivity contribution in [3.8, 4) is 17.2 Å². The summed E-state index contributed by atoms with van der Waals surface area (Å²) < 4.78 is 11.3. The lowest BCUT2D eigenvalue weighted by Crippen LogP contribution is -2.07. The maximum absolute atomic E-state index is 11.1. The fourth-order valence-electron chi connectivity index (χ4n) is 3.50. The van der Waals surface area contributed by atoms with E-state index < -0.39 is 0 Å². The Bertz CT molecular complexity index is 1040. The van der Waals surface area contributed by atoms with Crippen LogP contribution in [-0.4, -0.2) is 24.5 Å². The van der Waals surface area contributed by atoms with Crippen LogP contribution in [0, 0.1) is 5.41 Å². The van der Waals surface area contributed by atoms with Crippen molar-refractivity contribution in [2.75, 3.05) is 13.7 Å². The van der Waals surface area contributed by atoms with E-state index >= 15 is 0 Å². The second-order valence-corrected chi connectivity index (χ2v) is 7.43. The molecule has 0 aromatic heterocycles. The Morgan fingerprint density at radius 2 is 1.84 bits per heavy atom. The molecule has 0 heterocycles. The topological polar surface area (TPSA) is 62.5 Å². The molecule has 0 aliphatic rings.